The van der Waals surface area contributed by atoms with Crippen LogP contribution in [0.2, 0.25) is 0 Å². The molecule has 0 bridgehead atoms. The fraction of sp³-hybridized carbons (Fsp3) is 0.750. The topological polar surface area (TPSA) is 119 Å². The molecule has 0 aromatic carbocycles. The summed E-state index contributed by atoms with van der Waals surface area (Å²) >= 11 is 3.78. The van der Waals surface area contributed by atoms with E-state index < -0.39 is 35.0 Å². The summed E-state index contributed by atoms with van der Waals surface area (Å²) in [6.45, 7) is 2.36. The predicted octanol–water partition coefficient (Wildman–Crippen LogP) is -0.280. The summed E-state index contributed by atoms with van der Waals surface area (Å²) < 4.78 is 0. The standard InChI is InChI=1S/C8H14N2O6S/c1-8(2,4-16-10(14)15)7(13)9-5(3-17)6(11)12/h5,17H,3-4H2,1-2H3,(H,9,13)(H,11,12). The maximum Gasteiger partial charge on any atom is 0.327 e. The van der Waals surface area contributed by atoms with Crippen LogP contribution in [0, 0.1) is 15.5 Å². The van der Waals surface area contributed by atoms with Gasteiger partial charge in [-0.2, -0.15) is 12.6 Å². The number of nitrogens with one attached hydrogen (secondary N) is 1. The minimum absolute atomic E-state index is 0.0761. The molecule has 1 atom stereocenters. The maximum atomic E-state index is 11.6. The second kappa shape index (κ2) is 6.28. The third-order valence-electron chi connectivity index (χ3n) is 1.93. The van der Waals surface area contributed by atoms with E-state index >= 15 is 0 Å². The molecule has 0 spiro atoms. The van der Waals surface area contributed by atoms with Gasteiger partial charge in [0.2, 0.25) is 5.91 Å². The maximum absolute atomic E-state index is 11.6. The van der Waals surface area contributed by atoms with Crippen molar-refractivity contribution in [3.63, 3.8) is 0 Å². The SMILES string of the molecule is CC(C)(CO[N+](=O)[O-])C(=O)NC(CS)C(=O)O. The first-order valence-corrected chi connectivity index (χ1v) is 5.26. The molecule has 0 aliphatic rings. The van der Waals surface area contributed by atoms with Crippen molar-refractivity contribution < 1.29 is 24.6 Å². The van der Waals surface area contributed by atoms with Crippen molar-refractivity contribution in [2.45, 2.75) is 19.9 Å². The molecule has 0 heterocycles. The number of rotatable bonds is 7. The van der Waals surface area contributed by atoms with Crippen molar-refractivity contribution in [3.8, 4) is 0 Å². The van der Waals surface area contributed by atoms with Crippen molar-refractivity contribution in [3.05, 3.63) is 10.1 Å². The van der Waals surface area contributed by atoms with Crippen molar-refractivity contribution in [2.24, 2.45) is 5.41 Å². The molecule has 0 radical (unpaired) electrons. The van der Waals surface area contributed by atoms with E-state index in [-0.39, 0.29) is 5.75 Å². The van der Waals surface area contributed by atoms with E-state index in [1.54, 1.807) is 0 Å². The number of aliphatic carboxylic acids is 1. The first-order chi connectivity index (χ1) is 7.70. The quantitative estimate of drug-likeness (QED) is 0.331. The summed E-state index contributed by atoms with van der Waals surface area (Å²) in [6, 6.07) is -1.14. The minimum Gasteiger partial charge on any atom is -0.480 e. The summed E-state index contributed by atoms with van der Waals surface area (Å²) in [5, 5.41) is 19.9. The van der Waals surface area contributed by atoms with Crippen LogP contribution >= 0.6 is 12.6 Å². The average molecular weight is 266 g/mol. The first-order valence-electron chi connectivity index (χ1n) is 4.62. The van der Waals surface area contributed by atoms with Crippen LogP contribution in [0.25, 0.3) is 0 Å². The Balaban J connectivity index is 4.46. The Kier molecular flexibility index (Phi) is 5.72. The van der Waals surface area contributed by atoms with Gasteiger partial charge in [-0.05, 0) is 13.8 Å². The van der Waals surface area contributed by atoms with Gasteiger partial charge in [0.05, 0.1) is 5.41 Å². The number of carbonyl (C=O) groups excluding carboxylic acids is 1. The molecule has 0 aromatic heterocycles. The second-order valence-corrected chi connectivity index (χ2v) is 4.29. The molecule has 0 aromatic rings. The van der Waals surface area contributed by atoms with Crippen LogP contribution in [0.15, 0.2) is 0 Å². The van der Waals surface area contributed by atoms with Crippen LogP contribution < -0.4 is 5.32 Å². The third-order valence-corrected chi connectivity index (χ3v) is 2.30. The van der Waals surface area contributed by atoms with Gasteiger partial charge < -0.3 is 15.3 Å². The van der Waals surface area contributed by atoms with Crippen LogP contribution in [0.1, 0.15) is 13.8 Å². The van der Waals surface area contributed by atoms with E-state index in [2.05, 4.69) is 22.8 Å². The van der Waals surface area contributed by atoms with E-state index in [4.69, 9.17) is 5.11 Å². The van der Waals surface area contributed by atoms with Crippen molar-refractivity contribution in [2.75, 3.05) is 12.4 Å². The number of carboxylic acids is 1. The predicted molar refractivity (Wildman–Crippen MR) is 60.1 cm³/mol. The van der Waals surface area contributed by atoms with E-state index in [1.165, 1.54) is 13.8 Å². The number of thiol groups is 1. The van der Waals surface area contributed by atoms with Crippen LogP contribution in [0.3, 0.4) is 0 Å². The van der Waals surface area contributed by atoms with Gasteiger partial charge in [0.1, 0.15) is 12.6 Å². The Morgan fingerprint density at radius 1 is 1.59 bits per heavy atom. The number of amides is 1. The van der Waals surface area contributed by atoms with Gasteiger partial charge >= 0.3 is 5.97 Å². The average Bonchev–Trinajstić information content (AvgIpc) is 2.22. The van der Waals surface area contributed by atoms with Gasteiger partial charge in [-0.25, -0.2) is 4.79 Å². The molecule has 0 saturated carbocycles. The van der Waals surface area contributed by atoms with Crippen LogP contribution in [0.4, 0.5) is 0 Å². The summed E-state index contributed by atoms with van der Waals surface area (Å²) in [4.78, 5) is 36.4. The zero-order chi connectivity index (χ0) is 13.6. The van der Waals surface area contributed by atoms with E-state index in [1.807, 2.05) is 0 Å². The van der Waals surface area contributed by atoms with Gasteiger partial charge in [-0.3, -0.25) is 4.79 Å². The fourth-order valence-corrected chi connectivity index (χ4v) is 1.07. The third kappa shape index (κ3) is 5.38. The lowest BCUT2D eigenvalue weighted by Gasteiger charge is -2.24. The number of carbonyl (C=O) groups is 2. The lowest BCUT2D eigenvalue weighted by atomic mass is 9.93. The molecule has 2 N–H and O–H groups in total. The largest absolute Gasteiger partial charge is 0.480 e. The summed E-state index contributed by atoms with van der Waals surface area (Å²) in [5.41, 5.74) is -1.20. The van der Waals surface area contributed by atoms with Gasteiger partial charge in [0, 0.05) is 5.75 Å². The van der Waals surface area contributed by atoms with Crippen LogP contribution in [-0.2, 0) is 14.4 Å². The van der Waals surface area contributed by atoms with Gasteiger partial charge in [0.25, 0.3) is 5.09 Å². The number of carboxylic acid groups (broad SMARTS) is 1. The Labute approximate surface area is 103 Å². The molecule has 0 fully saturated rings. The van der Waals surface area contributed by atoms with Crippen molar-refractivity contribution >= 4 is 24.5 Å². The van der Waals surface area contributed by atoms with Crippen LogP contribution in [-0.4, -0.2) is 40.5 Å². The van der Waals surface area contributed by atoms with E-state index in [0.717, 1.165) is 0 Å². The molecule has 98 valence electrons. The highest BCUT2D eigenvalue weighted by Crippen LogP contribution is 2.16. The molecule has 0 aliphatic carbocycles. The molecular formula is C8H14N2O6S. The fourth-order valence-electron chi connectivity index (χ4n) is 0.819. The zero-order valence-electron chi connectivity index (χ0n) is 9.37. The first kappa shape index (κ1) is 15.5. The molecule has 9 heteroatoms. The zero-order valence-corrected chi connectivity index (χ0v) is 10.3. The molecule has 1 amide bonds. The molecule has 0 rings (SSSR count). The lowest BCUT2D eigenvalue weighted by molar-refractivity contribution is -0.760. The smallest absolute Gasteiger partial charge is 0.327 e. The highest BCUT2D eigenvalue weighted by atomic mass is 32.1. The second-order valence-electron chi connectivity index (χ2n) is 3.93. The molecule has 0 aliphatic heterocycles. The summed E-state index contributed by atoms with van der Waals surface area (Å²) in [7, 11) is 0. The summed E-state index contributed by atoms with van der Waals surface area (Å²) in [5.74, 6) is -1.95. The molecule has 0 saturated heterocycles. The normalized spacial score (nSPS) is 12.6. The lowest BCUT2D eigenvalue weighted by Crippen LogP contribution is -2.49. The number of nitrogens with zero attached hydrogens (tertiary/aromatic N) is 1. The van der Waals surface area contributed by atoms with E-state index in [9.17, 15) is 19.7 Å². The molecule has 8 nitrogen and oxygen atoms in total. The van der Waals surface area contributed by atoms with Crippen molar-refractivity contribution in [1.29, 1.82) is 0 Å². The minimum atomic E-state index is -1.22. The molecular weight excluding hydrogens is 252 g/mol. The Bertz CT molecular complexity index is 319. The Hall–Kier alpha value is -1.51. The Morgan fingerprint density at radius 3 is 2.47 bits per heavy atom. The van der Waals surface area contributed by atoms with E-state index in [0.29, 0.717) is 0 Å². The van der Waals surface area contributed by atoms with Gasteiger partial charge in [0.15, 0.2) is 0 Å². The Morgan fingerprint density at radius 2 is 2.12 bits per heavy atom. The summed E-state index contributed by atoms with van der Waals surface area (Å²) in [6.07, 6.45) is 0. The van der Waals surface area contributed by atoms with Crippen LogP contribution in [0.5, 0.6) is 0 Å². The van der Waals surface area contributed by atoms with Gasteiger partial charge in [-0.15, -0.1) is 10.1 Å². The number of hydrogen-bond acceptors (Lipinski definition) is 6. The number of hydrogen-bond donors (Lipinski definition) is 3. The molecule has 17 heavy (non-hydrogen) atoms. The van der Waals surface area contributed by atoms with Gasteiger partial charge in [-0.1, -0.05) is 0 Å². The van der Waals surface area contributed by atoms with Crippen molar-refractivity contribution in [1.82, 2.24) is 5.32 Å². The highest BCUT2D eigenvalue weighted by molar-refractivity contribution is 7.80. The highest BCUT2D eigenvalue weighted by Gasteiger charge is 2.32. The monoisotopic (exact) mass is 266 g/mol. The molecule has 1 unspecified atom stereocenters.